The molecule has 0 amide bonds. The van der Waals surface area contributed by atoms with Crippen molar-refractivity contribution < 1.29 is 4.74 Å². The largest absolute Gasteiger partial charge is 0.380 e. The van der Waals surface area contributed by atoms with Crippen LogP contribution in [0.15, 0.2) is 64.5 Å². The fourth-order valence-corrected chi connectivity index (χ4v) is 3.05. The average molecular weight is 343 g/mol. The molecule has 0 atom stereocenters. The van der Waals surface area contributed by atoms with Crippen molar-refractivity contribution in [2.75, 3.05) is 26.5 Å². The summed E-state index contributed by atoms with van der Waals surface area (Å²) in [6.45, 7) is 2.24. The second kappa shape index (κ2) is 10.7. The van der Waals surface area contributed by atoms with E-state index in [4.69, 9.17) is 4.74 Å². The van der Waals surface area contributed by atoms with Gasteiger partial charge in [0.1, 0.15) is 0 Å². The van der Waals surface area contributed by atoms with Crippen LogP contribution in [0.5, 0.6) is 0 Å². The highest BCUT2D eigenvalue weighted by atomic mass is 32.2. The van der Waals surface area contributed by atoms with Gasteiger partial charge < -0.3 is 15.4 Å². The van der Waals surface area contributed by atoms with Crippen LogP contribution in [0, 0.1) is 0 Å². The van der Waals surface area contributed by atoms with E-state index in [9.17, 15) is 0 Å². The fourth-order valence-electron chi connectivity index (χ4n) is 2.26. The van der Waals surface area contributed by atoms with Crippen LogP contribution in [-0.2, 0) is 17.9 Å². The highest BCUT2D eigenvalue weighted by Crippen LogP contribution is 2.15. The van der Waals surface area contributed by atoms with E-state index in [0.29, 0.717) is 6.61 Å². The number of thioether (sulfide) groups is 1. The number of methoxy groups -OCH3 is 1. The van der Waals surface area contributed by atoms with Gasteiger partial charge in [0.05, 0.1) is 6.61 Å². The van der Waals surface area contributed by atoms with Crippen molar-refractivity contribution in [3.05, 3.63) is 65.7 Å². The summed E-state index contributed by atoms with van der Waals surface area (Å²) < 4.78 is 5.17. The Bertz CT molecular complexity index is 632. The van der Waals surface area contributed by atoms with Gasteiger partial charge in [0.25, 0.3) is 0 Å². The minimum Gasteiger partial charge on any atom is -0.380 e. The van der Waals surface area contributed by atoms with Gasteiger partial charge in [-0.15, -0.1) is 11.8 Å². The molecule has 2 N–H and O–H groups in total. The van der Waals surface area contributed by atoms with E-state index < -0.39 is 0 Å². The quantitative estimate of drug-likeness (QED) is 0.334. The Hall–Kier alpha value is -1.98. The number of guanidine groups is 1. The Labute approximate surface area is 148 Å². The maximum atomic E-state index is 5.17. The zero-order chi connectivity index (χ0) is 17.0. The molecule has 2 rings (SSSR count). The predicted octanol–water partition coefficient (Wildman–Crippen LogP) is 3.29. The van der Waals surface area contributed by atoms with E-state index in [1.165, 1.54) is 16.0 Å². The van der Waals surface area contributed by atoms with Crippen molar-refractivity contribution >= 4 is 17.7 Å². The van der Waals surface area contributed by atoms with Crippen molar-refractivity contribution in [1.82, 2.24) is 10.6 Å². The van der Waals surface area contributed by atoms with E-state index in [-0.39, 0.29) is 0 Å². The Balaban J connectivity index is 1.71. The highest BCUT2D eigenvalue weighted by Gasteiger charge is 2.00. The molecule has 0 aliphatic heterocycles. The first kappa shape index (κ1) is 18.4. The third kappa shape index (κ3) is 6.64. The van der Waals surface area contributed by atoms with Crippen LogP contribution in [-0.4, -0.2) is 32.4 Å². The summed E-state index contributed by atoms with van der Waals surface area (Å²) in [6.07, 6.45) is 0. The molecule has 0 unspecified atom stereocenters. The van der Waals surface area contributed by atoms with Gasteiger partial charge in [-0.3, -0.25) is 4.99 Å². The molecule has 5 heteroatoms. The van der Waals surface area contributed by atoms with E-state index in [1.54, 1.807) is 14.2 Å². The van der Waals surface area contributed by atoms with Gasteiger partial charge in [-0.1, -0.05) is 42.5 Å². The molecule has 0 saturated heterocycles. The van der Waals surface area contributed by atoms with Gasteiger partial charge in [0.15, 0.2) is 5.96 Å². The van der Waals surface area contributed by atoms with Gasteiger partial charge in [-0.25, -0.2) is 0 Å². The molecule has 0 aliphatic carbocycles. The third-order valence-electron chi connectivity index (χ3n) is 3.39. The first-order valence-electron chi connectivity index (χ1n) is 8.01. The first-order chi connectivity index (χ1) is 11.8. The molecule has 2 aromatic carbocycles. The zero-order valence-electron chi connectivity index (χ0n) is 14.3. The lowest BCUT2D eigenvalue weighted by Crippen LogP contribution is -2.37. The van der Waals surface area contributed by atoms with Gasteiger partial charge in [0, 0.05) is 37.9 Å². The van der Waals surface area contributed by atoms with E-state index in [0.717, 1.165) is 24.8 Å². The second-order valence-corrected chi connectivity index (χ2v) is 6.44. The van der Waals surface area contributed by atoms with Crippen LogP contribution >= 0.6 is 11.8 Å². The lowest BCUT2D eigenvalue weighted by molar-refractivity contribution is 0.185. The number of aliphatic imine (C=N–C) groups is 1. The van der Waals surface area contributed by atoms with E-state index in [2.05, 4.69) is 64.2 Å². The minimum atomic E-state index is 0.636. The van der Waals surface area contributed by atoms with E-state index >= 15 is 0 Å². The Morgan fingerprint density at radius 2 is 1.83 bits per heavy atom. The van der Waals surface area contributed by atoms with Crippen LogP contribution < -0.4 is 10.6 Å². The number of ether oxygens (including phenoxy) is 1. The molecule has 4 nitrogen and oxygen atoms in total. The number of nitrogens with one attached hydrogen (secondary N) is 2. The van der Waals surface area contributed by atoms with Crippen molar-refractivity contribution in [3.63, 3.8) is 0 Å². The molecule has 0 fully saturated rings. The topological polar surface area (TPSA) is 45.7 Å². The number of rotatable bonds is 8. The molecule has 0 spiro atoms. The summed E-state index contributed by atoms with van der Waals surface area (Å²) >= 11 is 1.84. The monoisotopic (exact) mass is 343 g/mol. The summed E-state index contributed by atoms with van der Waals surface area (Å²) in [5.74, 6) is 1.81. The van der Waals surface area contributed by atoms with Crippen molar-refractivity contribution in [1.29, 1.82) is 0 Å². The molecule has 0 heterocycles. The van der Waals surface area contributed by atoms with Crippen LogP contribution in [0.4, 0.5) is 0 Å². The molecule has 128 valence electrons. The lowest BCUT2D eigenvalue weighted by Gasteiger charge is -2.12. The number of hydrogen-bond donors (Lipinski definition) is 2. The van der Waals surface area contributed by atoms with Crippen LogP contribution in [0.2, 0.25) is 0 Å². The summed E-state index contributed by atoms with van der Waals surface area (Å²) in [5, 5.41) is 6.69. The van der Waals surface area contributed by atoms with Crippen molar-refractivity contribution in [2.45, 2.75) is 18.0 Å². The van der Waals surface area contributed by atoms with Gasteiger partial charge >= 0.3 is 0 Å². The van der Waals surface area contributed by atoms with Crippen LogP contribution in [0.3, 0.4) is 0 Å². The highest BCUT2D eigenvalue weighted by molar-refractivity contribution is 7.99. The number of hydrogen-bond acceptors (Lipinski definition) is 3. The summed E-state index contributed by atoms with van der Waals surface area (Å²) in [6, 6.07) is 18.8. The van der Waals surface area contributed by atoms with Gasteiger partial charge in [0.2, 0.25) is 0 Å². The second-order valence-electron chi connectivity index (χ2n) is 5.27. The fraction of sp³-hybridized carbons (Fsp3) is 0.316. The number of benzene rings is 2. The molecular weight excluding hydrogens is 318 g/mol. The Kier molecular flexibility index (Phi) is 8.21. The third-order valence-corrected chi connectivity index (χ3v) is 4.41. The molecule has 2 aromatic rings. The van der Waals surface area contributed by atoms with Crippen LogP contribution in [0.25, 0.3) is 0 Å². The predicted molar refractivity (Wildman–Crippen MR) is 103 cm³/mol. The van der Waals surface area contributed by atoms with Crippen molar-refractivity contribution in [3.8, 4) is 0 Å². The molecule has 0 aromatic heterocycles. The SMILES string of the molecule is CN=C(NCCSc1ccccc1)NCc1cccc(COC)c1. The van der Waals surface area contributed by atoms with Gasteiger partial charge in [-0.2, -0.15) is 0 Å². The normalized spacial score (nSPS) is 11.3. The number of nitrogens with zero attached hydrogens (tertiary/aromatic N) is 1. The van der Waals surface area contributed by atoms with E-state index in [1.807, 2.05) is 17.8 Å². The summed E-state index contributed by atoms with van der Waals surface area (Å²) in [5.41, 5.74) is 2.39. The minimum absolute atomic E-state index is 0.636. The Morgan fingerprint density at radius 1 is 1.04 bits per heavy atom. The molecule has 0 aliphatic rings. The van der Waals surface area contributed by atoms with Crippen molar-refractivity contribution in [2.24, 2.45) is 4.99 Å². The zero-order valence-corrected chi connectivity index (χ0v) is 15.1. The molecule has 0 radical (unpaired) electrons. The average Bonchev–Trinajstić information content (AvgIpc) is 2.63. The smallest absolute Gasteiger partial charge is 0.191 e. The Morgan fingerprint density at radius 3 is 2.58 bits per heavy atom. The standard InChI is InChI=1S/C19H25N3OS/c1-20-19(21-11-12-24-18-9-4-3-5-10-18)22-14-16-7-6-8-17(13-16)15-23-2/h3-10,13H,11-12,14-15H2,1-2H3,(H2,20,21,22). The van der Waals surface area contributed by atoms with Crippen LogP contribution in [0.1, 0.15) is 11.1 Å². The molecule has 0 bridgehead atoms. The summed E-state index contributed by atoms with van der Waals surface area (Å²) in [7, 11) is 3.51. The maximum Gasteiger partial charge on any atom is 0.191 e. The molecule has 24 heavy (non-hydrogen) atoms. The summed E-state index contributed by atoms with van der Waals surface area (Å²) in [4.78, 5) is 5.56. The molecule has 0 saturated carbocycles. The molecular formula is C19H25N3OS. The first-order valence-corrected chi connectivity index (χ1v) is 8.99. The maximum absolute atomic E-state index is 5.17. The van der Waals surface area contributed by atoms with Gasteiger partial charge in [-0.05, 0) is 23.3 Å². The lowest BCUT2D eigenvalue weighted by atomic mass is 10.1.